The smallest absolute Gasteiger partial charge is 0.193 e. The summed E-state index contributed by atoms with van der Waals surface area (Å²) in [5, 5.41) is 0. The maximum absolute atomic E-state index is 12.6. The third kappa shape index (κ3) is 2.46. The van der Waals surface area contributed by atoms with Gasteiger partial charge in [0.1, 0.15) is 5.75 Å². The van der Waals surface area contributed by atoms with E-state index in [1.165, 1.54) is 0 Å². The number of fused-ring (bicyclic) bond motifs is 1. The predicted octanol–water partition coefficient (Wildman–Crippen LogP) is 3.86. The Labute approximate surface area is 119 Å². The highest BCUT2D eigenvalue weighted by Crippen LogP contribution is 2.26. The summed E-state index contributed by atoms with van der Waals surface area (Å²) in [4.78, 5) is 12.6. The van der Waals surface area contributed by atoms with E-state index in [1.54, 1.807) is 0 Å². The first-order valence-corrected chi connectivity index (χ1v) is 7.02. The molecule has 0 fully saturated rings. The minimum atomic E-state index is 0.0881. The van der Waals surface area contributed by atoms with Crippen LogP contribution in [0.25, 0.3) is 0 Å². The third-order valence-electron chi connectivity index (χ3n) is 3.65. The fourth-order valence-electron chi connectivity index (χ4n) is 2.77. The largest absolute Gasteiger partial charge is 0.493 e. The van der Waals surface area contributed by atoms with Crippen molar-refractivity contribution in [3.8, 4) is 5.75 Å². The second kappa shape index (κ2) is 5.12. The van der Waals surface area contributed by atoms with Gasteiger partial charge >= 0.3 is 0 Å². The van der Waals surface area contributed by atoms with Gasteiger partial charge in [0.25, 0.3) is 0 Å². The number of hydrogen-bond acceptors (Lipinski definition) is 2. The van der Waals surface area contributed by atoms with Crippen molar-refractivity contribution in [2.45, 2.75) is 26.7 Å². The van der Waals surface area contributed by atoms with Gasteiger partial charge in [-0.05, 0) is 62.6 Å². The standard InChI is InChI=1S/C18H18O2/c1-12-8-13(2)10-16(9-12)18(19)15-5-6-17-14(11-15)4-3-7-20-17/h5-6,8-11H,3-4,7H2,1-2H3. The quantitative estimate of drug-likeness (QED) is 0.771. The van der Waals surface area contributed by atoms with E-state index in [0.29, 0.717) is 0 Å². The molecule has 0 unspecified atom stereocenters. The van der Waals surface area contributed by atoms with Crippen molar-refractivity contribution in [3.63, 3.8) is 0 Å². The Morgan fingerprint density at radius 2 is 1.75 bits per heavy atom. The van der Waals surface area contributed by atoms with Gasteiger partial charge in [-0.25, -0.2) is 0 Å². The average Bonchev–Trinajstić information content (AvgIpc) is 2.45. The number of aryl methyl sites for hydroxylation is 3. The maximum Gasteiger partial charge on any atom is 0.193 e. The minimum Gasteiger partial charge on any atom is -0.493 e. The van der Waals surface area contributed by atoms with Crippen molar-refractivity contribution in [1.82, 2.24) is 0 Å². The van der Waals surface area contributed by atoms with Crippen LogP contribution in [0.5, 0.6) is 5.75 Å². The van der Waals surface area contributed by atoms with Crippen LogP contribution in [0.3, 0.4) is 0 Å². The van der Waals surface area contributed by atoms with Gasteiger partial charge in [0.2, 0.25) is 0 Å². The molecule has 2 heteroatoms. The molecule has 0 spiro atoms. The molecule has 102 valence electrons. The first-order valence-electron chi connectivity index (χ1n) is 7.02. The lowest BCUT2D eigenvalue weighted by atomic mass is 9.96. The molecule has 0 aliphatic carbocycles. The van der Waals surface area contributed by atoms with Crippen LogP contribution in [0.4, 0.5) is 0 Å². The van der Waals surface area contributed by atoms with Gasteiger partial charge in [0, 0.05) is 11.1 Å². The summed E-state index contributed by atoms with van der Waals surface area (Å²) in [6.07, 6.45) is 2.01. The highest BCUT2D eigenvalue weighted by atomic mass is 16.5. The minimum absolute atomic E-state index is 0.0881. The van der Waals surface area contributed by atoms with Crippen LogP contribution >= 0.6 is 0 Å². The lowest BCUT2D eigenvalue weighted by Gasteiger charge is -2.17. The first-order chi connectivity index (χ1) is 9.63. The van der Waals surface area contributed by atoms with E-state index in [1.807, 2.05) is 44.2 Å². The maximum atomic E-state index is 12.6. The molecule has 3 rings (SSSR count). The SMILES string of the molecule is Cc1cc(C)cc(C(=O)c2ccc3c(c2)CCCO3)c1. The van der Waals surface area contributed by atoms with Crippen molar-refractivity contribution in [1.29, 1.82) is 0 Å². The molecular formula is C18H18O2. The normalized spacial score (nSPS) is 13.5. The van der Waals surface area contributed by atoms with Crippen molar-refractivity contribution in [3.05, 3.63) is 64.2 Å². The highest BCUT2D eigenvalue weighted by Gasteiger charge is 2.15. The van der Waals surface area contributed by atoms with Crippen LogP contribution in [-0.4, -0.2) is 12.4 Å². The van der Waals surface area contributed by atoms with E-state index in [4.69, 9.17) is 4.74 Å². The highest BCUT2D eigenvalue weighted by molar-refractivity contribution is 6.09. The predicted molar refractivity (Wildman–Crippen MR) is 79.6 cm³/mol. The second-order valence-electron chi connectivity index (χ2n) is 5.48. The Kier molecular flexibility index (Phi) is 3.31. The van der Waals surface area contributed by atoms with E-state index >= 15 is 0 Å². The molecule has 0 radical (unpaired) electrons. The molecule has 1 heterocycles. The summed E-state index contributed by atoms with van der Waals surface area (Å²) in [5.74, 6) is 1.01. The van der Waals surface area contributed by atoms with Crippen molar-refractivity contribution in [2.75, 3.05) is 6.61 Å². The van der Waals surface area contributed by atoms with Crippen LogP contribution in [-0.2, 0) is 6.42 Å². The van der Waals surface area contributed by atoms with Crippen LogP contribution in [0, 0.1) is 13.8 Å². The summed E-state index contributed by atoms with van der Waals surface area (Å²) < 4.78 is 5.59. The molecule has 20 heavy (non-hydrogen) atoms. The lowest BCUT2D eigenvalue weighted by Crippen LogP contribution is -2.10. The Bertz CT molecular complexity index is 651. The number of hydrogen-bond donors (Lipinski definition) is 0. The van der Waals surface area contributed by atoms with Gasteiger partial charge in [-0.3, -0.25) is 4.79 Å². The zero-order valence-electron chi connectivity index (χ0n) is 11.9. The molecule has 0 aromatic heterocycles. The Morgan fingerprint density at radius 1 is 1.00 bits per heavy atom. The van der Waals surface area contributed by atoms with E-state index < -0.39 is 0 Å². The number of rotatable bonds is 2. The number of carbonyl (C=O) groups is 1. The van der Waals surface area contributed by atoms with Crippen LogP contribution in [0.15, 0.2) is 36.4 Å². The topological polar surface area (TPSA) is 26.3 Å². The molecule has 1 aliphatic heterocycles. The van der Waals surface area contributed by atoms with Gasteiger partial charge in [0.05, 0.1) is 6.61 Å². The van der Waals surface area contributed by atoms with E-state index in [0.717, 1.165) is 53.0 Å². The number of ether oxygens (including phenoxy) is 1. The Balaban J connectivity index is 1.97. The van der Waals surface area contributed by atoms with Gasteiger partial charge in [-0.2, -0.15) is 0 Å². The molecule has 0 N–H and O–H groups in total. The van der Waals surface area contributed by atoms with Crippen LogP contribution < -0.4 is 4.74 Å². The van der Waals surface area contributed by atoms with E-state index in [-0.39, 0.29) is 5.78 Å². The Hall–Kier alpha value is -2.09. The fraction of sp³-hybridized carbons (Fsp3) is 0.278. The second-order valence-corrected chi connectivity index (χ2v) is 5.48. The molecule has 1 aliphatic rings. The van der Waals surface area contributed by atoms with Crippen molar-refractivity contribution in [2.24, 2.45) is 0 Å². The zero-order chi connectivity index (χ0) is 14.1. The molecule has 0 bridgehead atoms. The summed E-state index contributed by atoms with van der Waals surface area (Å²) in [5.41, 5.74) is 4.90. The fourth-order valence-corrected chi connectivity index (χ4v) is 2.77. The van der Waals surface area contributed by atoms with Gasteiger partial charge in [-0.1, -0.05) is 17.2 Å². The van der Waals surface area contributed by atoms with E-state index in [9.17, 15) is 4.79 Å². The summed E-state index contributed by atoms with van der Waals surface area (Å²) >= 11 is 0. The lowest BCUT2D eigenvalue weighted by molar-refractivity contribution is 0.103. The van der Waals surface area contributed by atoms with Gasteiger partial charge in [0.15, 0.2) is 5.78 Å². The van der Waals surface area contributed by atoms with Crippen molar-refractivity contribution >= 4 is 5.78 Å². The summed E-state index contributed by atoms with van der Waals surface area (Å²) in [7, 11) is 0. The van der Waals surface area contributed by atoms with Crippen LogP contribution in [0.2, 0.25) is 0 Å². The van der Waals surface area contributed by atoms with Crippen molar-refractivity contribution < 1.29 is 9.53 Å². The number of ketones is 1. The molecular weight excluding hydrogens is 248 g/mol. The van der Waals surface area contributed by atoms with E-state index in [2.05, 4.69) is 6.07 Å². The molecule has 0 saturated heterocycles. The Morgan fingerprint density at radius 3 is 2.50 bits per heavy atom. The monoisotopic (exact) mass is 266 g/mol. The molecule has 0 saturated carbocycles. The number of carbonyl (C=O) groups excluding carboxylic acids is 1. The summed E-state index contributed by atoms with van der Waals surface area (Å²) in [6.45, 7) is 4.81. The average molecular weight is 266 g/mol. The molecule has 2 aromatic carbocycles. The molecule has 2 aromatic rings. The molecule has 2 nitrogen and oxygen atoms in total. The number of benzene rings is 2. The van der Waals surface area contributed by atoms with Gasteiger partial charge < -0.3 is 4.74 Å². The van der Waals surface area contributed by atoms with Gasteiger partial charge in [-0.15, -0.1) is 0 Å². The first kappa shape index (κ1) is 12.9. The third-order valence-corrected chi connectivity index (χ3v) is 3.65. The zero-order valence-corrected chi connectivity index (χ0v) is 11.9. The summed E-state index contributed by atoms with van der Waals surface area (Å²) in [6, 6.07) is 11.7. The van der Waals surface area contributed by atoms with Crippen LogP contribution in [0.1, 0.15) is 39.0 Å². The molecule has 0 amide bonds. The molecule has 0 atom stereocenters.